The molecule has 0 atom stereocenters. The molecule has 0 radical (unpaired) electrons. The molecule has 3 aromatic carbocycles. The number of rotatable bonds is 8. The maximum atomic E-state index is 12.6. The van der Waals surface area contributed by atoms with Crippen molar-refractivity contribution in [2.75, 3.05) is 11.1 Å². The number of amides is 1. The number of hydrogen-bond acceptors (Lipinski definition) is 5. The first kappa shape index (κ1) is 24.9. The van der Waals surface area contributed by atoms with Crippen molar-refractivity contribution in [2.45, 2.75) is 18.4 Å². The van der Waals surface area contributed by atoms with Gasteiger partial charge in [0.2, 0.25) is 5.91 Å². The normalized spacial score (nSPS) is 10.8. The second kappa shape index (κ2) is 11.0. The first-order chi connectivity index (χ1) is 16.8. The van der Waals surface area contributed by atoms with E-state index in [1.807, 2.05) is 43.3 Å². The molecule has 9 heteroatoms. The van der Waals surface area contributed by atoms with Crippen LogP contribution in [0.15, 0.2) is 76.6 Å². The lowest BCUT2D eigenvalue weighted by atomic mass is 10.0. The monoisotopic (exact) mass is 526 g/mol. The largest absolute Gasteiger partial charge is 0.481 e. The number of anilines is 1. The topological polar surface area (TPSA) is 92.4 Å². The van der Waals surface area contributed by atoms with E-state index in [9.17, 15) is 9.59 Å². The molecule has 0 aliphatic rings. The van der Waals surface area contributed by atoms with Gasteiger partial charge in [-0.15, -0.1) is 0 Å². The van der Waals surface area contributed by atoms with Crippen molar-refractivity contribution >= 4 is 52.5 Å². The van der Waals surface area contributed by atoms with Crippen molar-refractivity contribution < 1.29 is 19.1 Å². The molecule has 1 amide bonds. The second-order valence-electron chi connectivity index (χ2n) is 7.77. The quantitative estimate of drug-likeness (QED) is 0.240. The Bertz CT molecular complexity index is 1390. The number of carboxylic acids is 1. The molecule has 0 saturated heterocycles. The van der Waals surface area contributed by atoms with E-state index in [1.165, 1.54) is 18.2 Å². The molecule has 178 valence electrons. The van der Waals surface area contributed by atoms with Crippen LogP contribution < -0.4 is 5.32 Å². The van der Waals surface area contributed by atoms with Gasteiger partial charge in [0, 0.05) is 5.56 Å². The number of aryl methyl sites for hydroxylation is 1. The number of thioether (sulfide) groups is 1. The van der Waals surface area contributed by atoms with E-state index in [-0.39, 0.29) is 18.1 Å². The smallest absolute Gasteiger partial charge is 0.307 e. The number of benzene rings is 3. The zero-order valence-corrected chi connectivity index (χ0v) is 20.9. The van der Waals surface area contributed by atoms with Crippen molar-refractivity contribution in [3.63, 3.8) is 0 Å². The van der Waals surface area contributed by atoms with Gasteiger partial charge in [-0.3, -0.25) is 9.59 Å². The summed E-state index contributed by atoms with van der Waals surface area (Å²) in [4.78, 5) is 27.7. The predicted molar refractivity (Wildman–Crippen MR) is 139 cm³/mol. The van der Waals surface area contributed by atoms with E-state index < -0.39 is 5.97 Å². The lowest BCUT2D eigenvalue weighted by Gasteiger charge is -2.10. The maximum absolute atomic E-state index is 12.6. The van der Waals surface area contributed by atoms with Gasteiger partial charge in [0.25, 0.3) is 0 Å². The van der Waals surface area contributed by atoms with E-state index in [1.54, 1.807) is 24.3 Å². The molecule has 1 heterocycles. The Morgan fingerprint density at radius 2 is 1.74 bits per heavy atom. The van der Waals surface area contributed by atoms with Gasteiger partial charge in [-0.25, -0.2) is 4.98 Å². The number of halogens is 2. The predicted octanol–water partition coefficient (Wildman–Crippen LogP) is 6.98. The van der Waals surface area contributed by atoms with Crippen LogP contribution in [0.2, 0.25) is 10.0 Å². The minimum absolute atomic E-state index is 0.0301. The Labute approximate surface area is 216 Å². The van der Waals surface area contributed by atoms with Crippen LogP contribution in [0.1, 0.15) is 11.1 Å². The molecule has 6 nitrogen and oxygen atoms in total. The third kappa shape index (κ3) is 6.25. The Balaban J connectivity index is 1.40. The average molecular weight is 527 g/mol. The summed E-state index contributed by atoms with van der Waals surface area (Å²) in [5.74, 6) is -1.04. The summed E-state index contributed by atoms with van der Waals surface area (Å²) >= 11 is 14.0. The standard InChI is InChI=1S/C26H20Cl2N2O4S/c1-15-2-8-19(20(27)10-15)25-26(34-14-29-25)35-13-23(31)30-22-9-7-18(12-21(22)28)17-5-3-16(4-6-17)11-24(32)33/h2-10,12,14H,11,13H2,1H3,(H,30,31)(H,32,33). The summed E-state index contributed by atoms with van der Waals surface area (Å²) in [5, 5.41) is 13.2. The molecule has 0 aliphatic carbocycles. The molecule has 0 saturated carbocycles. The van der Waals surface area contributed by atoms with Crippen molar-refractivity contribution in [3.8, 4) is 22.4 Å². The molecule has 0 aliphatic heterocycles. The van der Waals surface area contributed by atoms with Gasteiger partial charge in [0.1, 0.15) is 5.69 Å². The van der Waals surface area contributed by atoms with Crippen LogP contribution in [0.3, 0.4) is 0 Å². The fourth-order valence-corrected chi connectivity index (χ4v) is 4.73. The number of aliphatic carboxylic acids is 1. The SMILES string of the molecule is Cc1ccc(-c2ncoc2SCC(=O)Nc2ccc(-c3ccc(CC(=O)O)cc3)cc2Cl)c(Cl)c1. The molecule has 4 rings (SSSR count). The van der Waals surface area contributed by atoms with Crippen molar-refractivity contribution in [2.24, 2.45) is 0 Å². The van der Waals surface area contributed by atoms with E-state index in [4.69, 9.17) is 32.7 Å². The summed E-state index contributed by atoms with van der Waals surface area (Å²) in [6.45, 7) is 1.95. The summed E-state index contributed by atoms with van der Waals surface area (Å²) in [6, 6.07) is 18.2. The second-order valence-corrected chi connectivity index (χ2v) is 9.53. The molecule has 0 spiro atoms. The first-order valence-electron chi connectivity index (χ1n) is 10.5. The van der Waals surface area contributed by atoms with Crippen LogP contribution >= 0.6 is 35.0 Å². The highest BCUT2D eigenvalue weighted by Crippen LogP contribution is 2.35. The fourth-order valence-electron chi connectivity index (χ4n) is 3.43. The number of nitrogens with one attached hydrogen (secondary N) is 1. The molecule has 2 N–H and O–H groups in total. The van der Waals surface area contributed by atoms with Gasteiger partial charge < -0.3 is 14.8 Å². The molecular weight excluding hydrogens is 507 g/mol. The van der Waals surface area contributed by atoms with Gasteiger partial charge >= 0.3 is 5.97 Å². The van der Waals surface area contributed by atoms with E-state index in [0.717, 1.165) is 22.3 Å². The molecular formula is C26H20Cl2N2O4S. The minimum atomic E-state index is -0.877. The summed E-state index contributed by atoms with van der Waals surface area (Å²) in [5.41, 5.74) is 5.31. The van der Waals surface area contributed by atoms with Crippen molar-refractivity contribution in [3.05, 3.63) is 88.2 Å². The highest BCUT2D eigenvalue weighted by atomic mass is 35.5. The van der Waals surface area contributed by atoms with Gasteiger partial charge in [-0.2, -0.15) is 0 Å². The van der Waals surface area contributed by atoms with E-state index in [0.29, 0.717) is 32.1 Å². The van der Waals surface area contributed by atoms with Crippen LogP contribution in [0, 0.1) is 6.92 Å². The average Bonchev–Trinajstić information content (AvgIpc) is 3.27. The van der Waals surface area contributed by atoms with Crippen LogP contribution in [-0.2, 0) is 16.0 Å². The third-order valence-corrected chi connectivity index (χ3v) is 6.72. The molecule has 0 unspecified atom stereocenters. The van der Waals surface area contributed by atoms with Crippen LogP contribution in [-0.4, -0.2) is 27.7 Å². The summed E-state index contributed by atoms with van der Waals surface area (Å²) in [7, 11) is 0. The minimum Gasteiger partial charge on any atom is -0.481 e. The van der Waals surface area contributed by atoms with Crippen molar-refractivity contribution in [1.82, 2.24) is 4.98 Å². The lowest BCUT2D eigenvalue weighted by molar-refractivity contribution is -0.136. The van der Waals surface area contributed by atoms with Gasteiger partial charge in [0.15, 0.2) is 11.5 Å². The highest BCUT2D eigenvalue weighted by Gasteiger charge is 2.16. The molecule has 4 aromatic rings. The molecule has 1 aromatic heterocycles. The Morgan fingerprint density at radius 1 is 1.00 bits per heavy atom. The number of aromatic nitrogens is 1. The third-order valence-electron chi connectivity index (χ3n) is 5.13. The van der Waals surface area contributed by atoms with Crippen LogP contribution in [0.5, 0.6) is 0 Å². The van der Waals surface area contributed by atoms with Gasteiger partial charge in [0.05, 0.1) is 27.9 Å². The fraction of sp³-hybridized carbons (Fsp3) is 0.115. The van der Waals surface area contributed by atoms with Gasteiger partial charge in [-0.1, -0.05) is 77.4 Å². The number of carbonyl (C=O) groups is 2. The Morgan fingerprint density at radius 3 is 2.43 bits per heavy atom. The number of carbonyl (C=O) groups excluding carboxylic acids is 1. The molecule has 35 heavy (non-hydrogen) atoms. The zero-order valence-electron chi connectivity index (χ0n) is 18.5. The molecule has 0 fully saturated rings. The zero-order chi connectivity index (χ0) is 24.9. The number of hydrogen-bond donors (Lipinski definition) is 2. The molecule has 0 bridgehead atoms. The van der Waals surface area contributed by atoms with Crippen LogP contribution in [0.4, 0.5) is 5.69 Å². The highest BCUT2D eigenvalue weighted by molar-refractivity contribution is 8.00. The maximum Gasteiger partial charge on any atom is 0.307 e. The first-order valence-corrected chi connectivity index (χ1v) is 12.3. The number of oxazole rings is 1. The Hall–Kier alpha value is -3.26. The van der Waals surface area contributed by atoms with E-state index in [2.05, 4.69) is 10.3 Å². The number of nitrogens with zero attached hydrogens (tertiary/aromatic N) is 1. The van der Waals surface area contributed by atoms with Crippen LogP contribution in [0.25, 0.3) is 22.4 Å². The van der Waals surface area contributed by atoms with E-state index >= 15 is 0 Å². The number of carboxylic acid groups (broad SMARTS) is 1. The summed E-state index contributed by atoms with van der Waals surface area (Å²) in [6.07, 6.45) is 1.30. The lowest BCUT2D eigenvalue weighted by Crippen LogP contribution is -2.14. The Kier molecular flexibility index (Phi) is 7.80. The van der Waals surface area contributed by atoms with Crippen molar-refractivity contribution in [1.29, 1.82) is 0 Å². The summed E-state index contributed by atoms with van der Waals surface area (Å²) < 4.78 is 5.48. The van der Waals surface area contributed by atoms with Gasteiger partial charge in [-0.05, 0) is 47.4 Å².